The van der Waals surface area contributed by atoms with E-state index in [4.69, 9.17) is 4.98 Å². The van der Waals surface area contributed by atoms with Crippen LogP contribution in [-0.4, -0.2) is 30.1 Å². The smallest absolute Gasteiger partial charge is 0.161 e. The fraction of sp³-hybridized carbons (Fsp3) is 0. The Hall–Kier alpha value is -4.78. The van der Waals surface area contributed by atoms with Crippen molar-refractivity contribution >= 4 is 22.4 Å². The van der Waals surface area contributed by atoms with Gasteiger partial charge in [-0.3, -0.25) is 10.1 Å². The van der Waals surface area contributed by atoms with Gasteiger partial charge in [-0.15, -0.1) is 0 Å². The highest BCUT2D eigenvalue weighted by Crippen LogP contribution is 2.28. The van der Waals surface area contributed by atoms with Crippen molar-refractivity contribution in [3.8, 4) is 33.8 Å². The lowest BCUT2D eigenvalue weighted by atomic mass is 10.1. The number of aromatic amines is 2. The number of fused-ring (bicyclic) bond motifs is 1. The Balaban J connectivity index is 1.26. The van der Waals surface area contributed by atoms with Gasteiger partial charge in [0, 0.05) is 63.8 Å². The molecule has 2 aromatic carbocycles. The number of aromatic nitrogens is 6. The summed E-state index contributed by atoms with van der Waals surface area (Å²) in [6, 6.07) is 22.3. The van der Waals surface area contributed by atoms with E-state index in [-0.39, 0.29) is 0 Å². The fourth-order valence-electron chi connectivity index (χ4n) is 3.81. The SMILES string of the molecule is c1cncc(-c2cc3ccc(-c4nccc(Nc5ccc(-c6cn[nH]c6)cc5)n4)cc3[nH]2)c1. The second-order valence-electron chi connectivity index (χ2n) is 7.68. The minimum Gasteiger partial charge on any atom is -0.354 e. The average Bonchev–Trinajstić information content (AvgIpc) is 3.55. The molecule has 158 valence electrons. The molecule has 0 amide bonds. The first kappa shape index (κ1) is 18.9. The Morgan fingerprint density at radius 1 is 0.758 bits per heavy atom. The van der Waals surface area contributed by atoms with Crippen LogP contribution in [-0.2, 0) is 0 Å². The zero-order valence-corrected chi connectivity index (χ0v) is 17.5. The van der Waals surface area contributed by atoms with Crippen molar-refractivity contribution in [1.29, 1.82) is 0 Å². The fourth-order valence-corrected chi connectivity index (χ4v) is 3.81. The molecule has 0 bridgehead atoms. The maximum absolute atomic E-state index is 4.72. The Bertz CT molecular complexity index is 1520. The van der Waals surface area contributed by atoms with Gasteiger partial charge in [0.1, 0.15) is 5.82 Å². The summed E-state index contributed by atoms with van der Waals surface area (Å²) >= 11 is 0. The van der Waals surface area contributed by atoms with Gasteiger partial charge in [0.05, 0.1) is 6.20 Å². The minimum absolute atomic E-state index is 0.662. The molecule has 6 rings (SSSR count). The molecule has 6 aromatic rings. The lowest BCUT2D eigenvalue weighted by Crippen LogP contribution is -1.96. The van der Waals surface area contributed by atoms with Crippen molar-refractivity contribution in [1.82, 2.24) is 30.1 Å². The van der Waals surface area contributed by atoms with E-state index < -0.39 is 0 Å². The summed E-state index contributed by atoms with van der Waals surface area (Å²) < 4.78 is 0. The molecule has 0 atom stereocenters. The largest absolute Gasteiger partial charge is 0.354 e. The van der Waals surface area contributed by atoms with Gasteiger partial charge < -0.3 is 10.3 Å². The second-order valence-corrected chi connectivity index (χ2v) is 7.68. The topological polar surface area (TPSA) is 95.2 Å². The van der Waals surface area contributed by atoms with Crippen molar-refractivity contribution in [2.45, 2.75) is 0 Å². The molecule has 0 spiro atoms. The molecule has 0 fully saturated rings. The number of benzene rings is 2. The average molecular weight is 429 g/mol. The highest BCUT2D eigenvalue weighted by molar-refractivity contribution is 5.88. The van der Waals surface area contributed by atoms with Gasteiger partial charge >= 0.3 is 0 Å². The van der Waals surface area contributed by atoms with Crippen LogP contribution in [0.5, 0.6) is 0 Å². The number of nitrogens with one attached hydrogen (secondary N) is 3. The van der Waals surface area contributed by atoms with Crippen molar-refractivity contribution in [3.05, 3.63) is 97.7 Å². The van der Waals surface area contributed by atoms with E-state index in [0.717, 1.165) is 50.4 Å². The molecule has 4 heterocycles. The Morgan fingerprint density at radius 3 is 2.48 bits per heavy atom. The normalized spacial score (nSPS) is 11.0. The van der Waals surface area contributed by atoms with Gasteiger partial charge in [-0.1, -0.05) is 24.3 Å². The quantitative estimate of drug-likeness (QED) is 0.321. The molecule has 7 nitrogen and oxygen atoms in total. The number of hydrogen-bond donors (Lipinski definition) is 3. The highest BCUT2D eigenvalue weighted by Gasteiger charge is 2.08. The zero-order chi connectivity index (χ0) is 22.0. The Labute approximate surface area is 189 Å². The number of nitrogens with zero attached hydrogens (tertiary/aromatic N) is 4. The van der Waals surface area contributed by atoms with Crippen LogP contribution in [0.25, 0.3) is 44.7 Å². The number of H-pyrrole nitrogens is 2. The molecule has 0 unspecified atom stereocenters. The molecule has 0 saturated carbocycles. The number of hydrogen-bond acceptors (Lipinski definition) is 5. The van der Waals surface area contributed by atoms with Crippen molar-refractivity contribution < 1.29 is 0 Å². The minimum atomic E-state index is 0.662. The maximum atomic E-state index is 4.72. The van der Waals surface area contributed by atoms with E-state index >= 15 is 0 Å². The van der Waals surface area contributed by atoms with Crippen LogP contribution in [0.2, 0.25) is 0 Å². The van der Waals surface area contributed by atoms with Crippen LogP contribution in [0.4, 0.5) is 11.5 Å². The van der Waals surface area contributed by atoms with Crippen LogP contribution >= 0.6 is 0 Å². The summed E-state index contributed by atoms with van der Waals surface area (Å²) in [5.41, 5.74) is 7.17. The Kier molecular flexibility index (Phi) is 4.62. The number of anilines is 2. The third-order valence-corrected chi connectivity index (χ3v) is 5.50. The first-order chi connectivity index (χ1) is 16.3. The van der Waals surface area contributed by atoms with E-state index in [0.29, 0.717) is 5.82 Å². The third-order valence-electron chi connectivity index (χ3n) is 5.50. The van der Waals surface area contributed by atoms with Crippen LogP contribution in [0.15, 0.2) is 97.7 Å². The molecule has 0 aliphatic heterocycles. The number of rotatable bonds is 5. The van der Waals surface area contributed by atoms with Crippen LogP contribution in [0.1, 0.15) is 0 Å². The predicted octanol–water partition coefficient (Wildman–Crippen LogP) is 5.82. The van der Waals surface area contributed by atoms with Gasteiger partial charge in [0.25, 0.3) is 0 Å². The van der Waals surface area contributed by atoms with Gasteiger partial charge in [-0.2, -0.15) is 5.10 Å². The van der Waals surface area contributed by atoms with E-state index in [1.54, 1.807) is 18.6 Å². The molecule has 0 aliphatic carbocycles. The van der Waals surface area contributed by atoms with Crippen molar-refractivity contribution in [2.75, 3.05) is 5.32 Å². The van der Waals surface area contributed by atoms with E-state index in [9.17, 15) is 0 Å². The summed E-state index contributed by atoms with van der Waals surface area (Å²) in [7, 11) is 0. The van der Waals surface area contributed by atoms with Gasteiger partial charge in [-0.25, -0.2) is 9.97 Å². The summed E-state index contributed by atoms with van der Waals surface area (Å²) in [4.78, 5) is 16.9. The first-order valence-corrected chi connectivity index (χ1v) is 10.5. The molecular weight excluding hydrogens is 410 g/mol. The molecule has 3 N–H and O–H groups in total. The lowest BCUT2D eigenvalue weighted by Gasteiger charge is -2.08. The van der Waals surface area contributed by atoms with Crippen LogP contribution < -0.4 is 5.32 Å². The van der Waals surface area contributed by atoms with Crippen molar-refractivity contribution in [3.63, 3.8) is 0 Å². The summed E-state index contributed by atoms with van der Waals surface area (Å²) in [6.45, 7) is 0. The highest BCUT2D eigenvalue weighted by atomic mass is 15.1. The summed E-state index contributed by atoms with van der Waals surface area (Å²) in [6.07, 6.45) is 9.08. The van der Waals surface area contributed by atoms with Crippen molar-refractivity contribution in [2.24, 2.45) is 0 Å². The molecule has 0 saturated heterocycles. The molecule has 7 heteroatoms. The third kappa shape index (κ3) is 3.83. The maximum Gasteiger partial charge on any atom is 0.161 e. The lowest BCUT2D eigenvalue weighted by molar-refractivity contribution is 1.09. The predicted molar refractivity (Wildman–Crippen MR) is 130 cm³/mol. The molecule has 0 aliphatic rings. The molecule has 0 radical (unpaired) electrons. The van der Waals surface area contributed by atoms with Crippen LogP contribution in [0.3, 0.4) is 0 Å². The second kappa shape index (κ2) is 8.05. The van der Waals surface area contributed by atoms with Gasteiger partial charge in [-0.05, 0) is 48.0 Å². The van der Waals surface area contributed by atoms with E-state index in [2.05, 4.69) is 48.7 Å². The van der Waals surface area contributed by atoms with E-state index in [1.807, 2.05) is 60.9 Å². The Morgan fingerprint density at radius 2 is 1.67 bits per heavy atom. The summed E-state index contributed by atoms with van der Waals surface area (Å²) in [5.74, 6) is 1.40. The molecule has 4 aromatic heterocycles. The monoisotopic (exact) mass is 429 g/mol. The first-order valence-electron chi connectivity index (χ1n) is 10.5. The standard InChI is InChI=1S/C26H19N7/c1-2-20(14-27-10-1)24-12-18-3-4-19(13-23(18)32-24)26-28-11-9-25(33-26)31-22-7-5-17(6-8-22)21-15-29-30-16-21/h1-16,32H,(H,29,30)(H,28,31,33). The van der Waals surface area contributed by atoms with Gasteiger partial charge in [0.15, 0.2) is 5.82 Å². The molecule has 33 heavy (non-hydrogen) atoms. The van der Waals surface area contributed by atoms with Crippen LogP contribution in [0, 0.1) is 0 Å². The molecular formula is C26H19N7. The van der Waals surface area contributed by atoms with E-state index in [1.165, 1.54) is 0 Å². The summed E-state index contributed by atoms with van der Waals surface area (Å²) in [5, 5.41) is 11.3. The zero-order valence-electron chi connectivity index (χ0n) is 17.5. The number of pyridine rings is 1. The van der Waals surface area contributed by atoms with Gasteiger partial charge in [0.2, 0.25) is 0 Å².